The maximum absolute atomic E-state index is 11.4. The number of amides is 1. The van der Waals surface area contributed by atoms with Crippen molar-refractivity contribution in [2.45, 2.75) is 13.8 Å². The van der Waals surface area contributed by atoms with Crippen LogP contribution < -0.4 is 5.48 Å². The monoisotopic (exact) mass is 229 g/mol. The van der Waals surface area contributed by atoms with Crippen molar-refractivity contribution in [2.24, 2.45) is 0 Å². The predicted molar refractivity (Wildman–Crippen MR) is 54.8 cm³/mol. The minimum Gasteiger partial charge on any atom is -0.479 e. The van der Waals surface area contributed by atoms with Gasteiger partial charge in [0.1, 0.15) is 0 Å². The van der Waals surface area contributed by atoms with E-state index in [9.17, 15) is 9.59 Å². The number of hydrogen-bond donors (Lipinski definition) is 2. The van der Waals surface area contributed by atoms with Crippen molar-refractivity contribution in [3.8, 4) is 0 Å². The summed E-state index contributed by atoms with van der Waals surface area (Å²) in [5, 5.41) is 8.27. The number of hydrogen-bond acceptors (Lipinski definition) is 4. The van der Waals surface area contributed by atoms with Gasteiger partial charge in [-0.25, -0.2) is 10.3 Å². The summed E-state index contributed by atoms with van der Waals surface area (Å²) in [6.45, 7) is 3.27. The molecule has 1 heterocycles. The van der Waals surface area contributed by atoms with Crippen molar-refractivity contribution in [3.63, 3.8) is 0 Å². The van der Waals surface area contributed by atoms with Crippen LogP contribution in [0.3, 0.4) is 0 Å². The Morgan fingerprint density at radius 1 is 1.53 bits per heavy atom. The number of carboxylic acids is 1. The van der Waals surface area contributed by atoms with Crippen molar-refractivity contribution in [3.05, 3.63) is 21.4 Å². The SMILES string of the molecule is Cc1cc(C(=O)NOCC(=O)O)sc1C. The normalized spacial score (nSPS) is 10.0. The summed E-state index contributed by atoms with van der Waals surface area (Å²) in [4.78, 5) is 27.5. The number of carbonyl (C=O) groups is 2. The molecule has 1 aromatic rings. The lowest BCUT2D eigenvalue weighted by atomic mass is 10.3. The van der Waals surface area contributed by atoms with Crippen LogP contribution in [0.5, 0.6) is 0 Å². The molecule has 0 aliphatic carbocycles. The molecule has 0 spiro atoms. The Morgan fingerprint density at radius 3 is 2.67 bits per heavy atom. The molecule has 1 rings (SSSR count). The standard InChI is InChI=1S/C9H11NO4S/c1-5-3-7(15-6(5)2)9(13)10-14-4-8(11)12/h3H,4H2,1-2H3,(H,10,13)(H,11,12). The van der Waals surface area contributed by atoms with Crippen LogP contribution in [0.25, 0.3) is 0 Å². The van der Waals surface area contributed by atoms with Crippen LogP contribution in [0.4, 0.5) is 0 Å². The lowest BCUT2D eigenvalue weighted by Crippen LogP contribution is -2.25. The number of nitrogens with one attached hydrogen (secondary N) is 1. The van der Waals surface area contributed by atoms with Gasteiger partial charge in [0.2, 0.25) is 0 Å². The summed E-state index contributed by atoms with van der Waals surface area (Å²) in [5.74, 6) is -1.55. The zero-order chi connectivity index (χ0) is 11.4. The van der Waals surface area contributed by atoms with Crippen molar-refractivity contribution in [2.75, 3.05) is 6.61 Å². The van der Waals surface area contributed by atoms with Gasteiger partial charge in [0, 0.05) is 4.88 Å². The van der Waals surface area contributed by atoms with Crippen LogP contribution in [0.2, 0.25) is 0 Å². The Morgan fingerprint density at radius 2 is 2.20 bits per heavy atom. The molecule has 1 aromatic heterocycles. The van der Waals surface area contributed by atoms with E-state index in [1.165, 1.54) is 11.3 Å². The molecule has 1 amide bonds. The Labute approximate surface area is 90.6 Å². The van der Waals surface area contributed by atoms with Gasteiger partial charge in [-0.1, -0.05) is 0 Å². The summed E-state index contributed by atoms with van der Waals surface area (Å²) in [7, 11) is 0. The number of rotatable bonds is 4. The molecule has 15 heavy (non-hydrogen) atoms. The van der Waals surface area contributed by atoms with E-state index in [0.717, 1.165) is 10.4 Å². The van der Waals surface area contributed by atoms with Crippen LogP contribution >= 0.6 is 11.3 Å². The third-order valence-corrected chi connectivity index (χ3v) is 2.90. The van der Waals surface area contributed by atoms with Gasteiger partial charge in [-0.2, -0.15) is 0 Å². The summed E-state index contributed by atoms with van der Waals surface area (Å²) in [5.41, 5.74) is 3.09. The third kappa shape index (κ3) is 3.34. The maximum atomic E-state index is 11.4. The van der Waals surface area contributed by atoms with Crippen molar-refractivity contribution >= 4 is 23.2 Å². The number of aliphatic carboxylic acids is 1. The van der Waals surface area contributed by atoms with Gasteiger partial charge in [-0.05, 0) is 25.5 Å². The first-order valence-electron chi connectivity index (χ1n) is 4.21. The fourth-order valence-electron chi connectivity index (χ4n) is 0.899. The lowest BCUT2D eigenvalue weighted by molar-refractivity contribution is -0.144. The Bertz CT molecular complexity index is 366. The molecule has 0 atom stereocenters. The molecule has 0 aliphatic rings. The molecule has 0 aliphatic heterocycles. The van der Waals surface area contributed by atoms with Crippen molar-refractivity contribution in [1.29, 1.82) is 0 Å². The average molecular weight is 229 g/mol. The number of thiophene rings is 1. The summed E-state index contributed by atoms with van der Waals surface area (Å²) >= 11 is 1.34. The quantitative estimate of drug-likeness (QED) is 0.758. The van der Waals surface area contributed by atoms with Crippen LogP contribution in [0.1, 0.15) is 20.1 Å². The fourth-order valence-corrected chi connectivity index (χ4v) is 1.82. The van der Waals surface area contributed by atoms with Gasteiger partial charge in [-0.3, -0.25) is 9.63 Å². The van der Waals surface area contributed by atoms with Gasteiger partial charge in [0.15, 0.2) is 6.61 Å². The highest BCUT2D eigenvalue weighted by atomic mass is 32.1. The highest BCUT2D eigenvalue weighted by Gasteiger charge is 2.10. The molecule has 0 bridgehead atoms. The second-order valence-electron chi connectivity index (χ2n) is 2.96. The zero-order valence-corrected chi connectivity index (χ0v) is 9.18. The van der Waals surface area contributed by atoms with Gasteiger partial charge >= 0.3 is 5.97 Å². The van der Waals surface area contributed by atoms with E-state index in [4.69, 9.17) is 5.11 Å². The van der Waals surface area contributed by atoms with Crippen molar-refractivity contribution in [1.82, 2.24) is 5.48 Å². The molecule has 5 nitrogen and oxygen atoms in total. The van der Waals surface area contributed by atoms with E-state index >= 15 is 0 Å². The van der Waals surface area contributed by atoms with E-state index in [1.54, 1.807) is 6.07 Å². The highest BCUT2D eigenvalue weighted by Crippen LogP contribution is 2.20. The molecule has 0 saturated heterocycles. The molecular weight excluding hydrogens is 218 g/mol. The number of hydroxylamine groups is 1. The third-order valence-electron chi connectivity index (χ3n) is 1.75. The molecule has 0 saturated carbocycles. The van der Waals surface area contributed by atoms with Crippen LogP contribution in [0.15, 0.2) is 6.07 Å². The smallest absolute Gasteiger partial charge is 0.332 e. The van der Waals surface area contributed by atoms with Gasteiger partial charge in [-0.15, -0.1) is 11.3 Å². The molecule has 0 aromatic carbocycles. The first-order valence-corrected chi connectivity index (χ1v) is 5.03. The number of carboxylic acid groups (broad SMARTS) is 1. The van der Waals surface area contributed by atoms with E-state index in [1.807, 2.05) is 13.8 Å². The first kappa shape index (κ1) is 11.7. The summed E-state index contributed by atoms with van der Waals surface area (Å²) < 4.78 is 0. The minimum absolute atomic E-state index is 0.419. The predicted octanol–water partition coefficient (Wildman–Crippen LogP) is 1.11. The molecule has 0 fully saturated rings. The van der Waals surface area contributed by atoms with Gasteiger partial charge in [0.05, 0.1) is 4.88 Å². The lowest BCUT2D eigenvalue weighted by Gasteiger charge is -2.00. The molecule has 0 radical (unpaired) electrons. The molecule has 6 heteroatoms. The van der Waals surface area contributed by atoms with E-state index in [2.05, 4.69) is 10.3 Å². The molecule has 82 valence electrons. The fraction of sp³-hybridized carbons (Fsp3) is 0.333. The van der Waals surface area contributed by atoms with E-state index < -0.39 is 18.5 Å². The van der Waals surface area contributed by atoms with Crippen LogP contribution in [-0.4, -0.2) is 23.6 Å². The van der Waals surface area contributed by atoms with Crippen molar-refractivity contribution < 1.29 is 19.5 Å². The maximum Gasteiger partial charge on any atom is 0.332 e. The summed E-state index contributed by atoms with van der Waals surface area (Å²) in [6, 6.07) is 1.74. The topological polar surface area (TPSA) is 75.6 Å². The van der Waals surface area contributed by atoms with Crippen LogP contribution in [-0.2, 0) is 9.63 Å². The summed E-state index contributed by atoms with van der Waals surface area (Å²) in [6.07, 6.45) is 0. The van der Waals surface area contributed by atoms with E-state index in [-0.39, 0.29) is 0 Å². The Hall–Kier alpha value is -1.40. The second kappa shape index (κ2) is 4.90. The number of aryl methyl sites for hydroxylation is 2. The Balaban J connectivity index is 2.50. The molecule has 2 N–H and O–H groups in total. The average Bonchev–Trinajstić information content (AvgIpc) is 2.46. The minimum atomic E-state index is -1.13. The number of carbonyl (C=O) groups excluding carboxylic acids is 1. The highest BCUT2D eigenvalue weighted by molar-refractivity contribution is 7.14. The second-order valence-corrected chi connectivity index (χ2v) is 4.22. The van der Waals surface area contributed by atoms with E-state index in [0.29, 0.717) is 4.88 Å². The molecule has 0 unspecified atom stereocenters. The largest absolute Gasteiger partial charge is 0.479 e. The van der Waals surface area contributed by atoms with Gasteiger partial charge in [0.25, 0.3) is 5.91 Å². The zero-order valence-electron chi connectivity index (χ0n) is 8.36. The molecular formula is C9H11NO4S. The van der Waals surface area contributed by atoms with Crippen LogP contribution in [0, 0.1) is 13.8 Å². The van der Waals surface area contributed by atoms with Gasteiger partial charge < -0.3 is 5.11 Å². The Kier molecular flexibility index (Phi) is 3.81. The first-order chi connectivity index (χ1) is 7.00.